The van der Waals surface area contributed by atoms with Crippen molar-refractivity contribution in [2.45, 2.75) is 26.3 Å². The zero-order valence-corrected chi connectivity index (χ0v) is 14.2. The fourth-order valence-electron chi connectivity index (χ4n) is 1.95. The van der Waals surface area contributed by atoms with Gasteiger partial charge >= 0.3 is 0 Å². The van der Waals surface area contributed by atoms with Gasteiger partial charge in [0, 0.05) is 20.1 Å². The van der Waals surface area contributed by atoms with E-state index in [9.17, 15) is 4.79 Å². The molecule has 21 heavy (non-hydrogen) atoms. The molecule has 0 atom stereocenters. The van der Waals surface area contributed by atoms with Crippen LogP contribution in [0.25, 0.3) is 10.2 Å². The number of aromatic nitrogens is 1. The zero-order valence-electron chi connectivity index (χ0n) is 11.9. The Morgan fingerprint density at radius 3 is 2.86 bits per heavy atom. The van der Waals surface area contributed by atoms with E-state index in [1.165, 1.54) is 11.3 Å². The summed E-state index contributed by atoms with van der Waals surface area (Å²) in [5.41, 5.74) is 0.800. The standard InChI is InChI=1S/C14H16Cl2N2O2S/c1-3-4-11(19)17-14-18(7-8-20-2)13-10(21-14)6-5-9(15)12(13)16/h5-6H,3-4,7-8H2,1-2H3. The minimum absolute atomic E-state index is 0.127. The summed E-state index contributed by atoms with van der Waals surface area (Å²) in [5.74, 6) is -0.127. The molecule has 0 aliphatic heterocycles. The predicted molar refractivity (Wildman–Crippen MR) is 87.2 cm³/mol. The Morgan fingerprint density at radius 1 is 1.43 bits per heavy atom. The van der Waals surface area contributed by atoms with Crippen LogP contribution in [0.5, 0.6) is 0 Å². The maximum absolute atomic E-state index is 11.8. The predicted octanol–water partition coefficient (Wildman–Crippen LogP) is 3.88. The SMILES string of the molecule is CCCC(=O)N=c1sc2ccc(Cl)c(Cl)c2n1CCOC. The smallest absolute Gasteiger partial charge is 0.248 e. The lowest BCUT2D eigenvalue weighted by Gasteiger charge is -2.06. The van der Waals surface area contributed by atoms with E-state index in [4.69, 9.17) is 27.9 Å². The highest BCUT2D eigenvalue weighted by Gasteiger charge is 2.13. The molecule has 0 bridgehead atoms. The molecule has 1 heterocycles. The maximum Gasteiger partial charge on any atom is 0.248 e. The molecule has 7 heteroatoms. The first-order valence-electron chi connectivity index (χ1n) is 6.62. The van der Waals surface area contributed by atoms with Crippen LogP contribution >= 0.6 is 34.5 Å². The normalized spacial score (nSPS) is 12.3. The van der Waals surface area contributed by atoms with Gasteiger partial charge in [0.2, 0.25) is 5.91 Å². The summed E-state index contributed by atoms with van der Waals surface area (Å²) in [5, 5.41) is 0.963. The Hall–Kier alpha value is -0.880. The second-order valence-electron chi connectivity index (χ2n) is 4.49. The highest BCUT2D eigenvalue weighted by Crippen LogP contribution is 2.32. The molecule has 0 unspecified atom stereocenters. The van der Waals surface area contributed by atoms with Crippen LogP contribution in [0.15, 0.2) is 17.1 Å². The second-order valence-corrected chi connectivity index (χ2v) is 6.29. The lowest BCUT2D eigenvalue weighted by molar-refractivity contribution is -0.118. The van der Waals surface area contributed by atoms with E-state index in [1.807, 2.05) is 17.6 Å². The molecule has 0 N–H and O–H groups in total. The van der Waals surface area contributed by atoms with Crippen LogP contribution in [-0.2, 0) is 16.1 Å². The highest BCUT2D eigenvalue weighted by molar-refractivity contribution is 7.16. The molecule has 0 aliphatic carbocycles. The van der Waals surface area contributed by atoms with Gasteiger partial charge < -0.3 is 9.30 Å². The summed E-state index contributed by atoms with van der Waals surface area (Å²) in [7, 11) is 1.63. The number of thiazole rings is 1. The van der Waals surface area contributed by atoms with Gasteiger partial charge in [-0.2, -0.15) is 4.99 Å². The molecular formula is C14H16Cl2N2O2S. The van der Waals surface area contributed by atoms with Gasteiger partial charge in [-0.3, -0.25) is 4.79 Å². The van der Waals surface area contributed by atoms with Crippen LogP contribution in [0, 0.1) is 0 Å². The number of hydrogen-bond donors (Lipinski definition) is 0. The van der Waals surface area contributed by atoms with Crippen LogP contribution in [0.1, 0.15) is 19.8 Å². The average molecular weight is 347 g/mol. The van der Waals surface area contributed by atoms with Crippen LogP contribution < -0.4 is 4.80 Å². The van der Waals surface area contributed by atoms with Gasteiger partial charge in [-0.05, 0) is 18.6 Å². The van der Waals surface area contributed by atoms with Crippen molar-refractivity contribution in [2.24, 2.45) is 4.99 Å². The van der Waals surface area contributed by atoms with Gasteiger partial charge in [0.15, 0.2) is 4.80 Å². The molecule has 1 aromatic carbocycles. The second kappa shape index (κ2) is 7.40. The number of benzene rings is 1. The number of methoxy groups -OCH3 is 1. The van der Waals surface area contributed by atoms with Crippen molar-refractivity contribution in [1.82, 2.24) is 4.57 Å². The lowest BCUT2D eigenvalue weighted by Crippen LogP contribution is -2.19. The van der Waals surface area contributed by atoms with Gasteiger partial charge in [0.1, 0.15) is 0 Å². The summed E-state index contributed by atoms with van der Waals surface area (Å²) >= 11 is 13.8. The van der Waals surface area contributed by atoms with E-state index in [1.54, 1.807) is 13.2 Å². The van der Waals surface area contributed by atoms with E-state index < -0.39 is 0 Å². The Morgan fingerprint density at radius 2 is 2.19 bits per heavy atom. The Bertz CT molecular complexity index is 722. The van der Waals surface area contributed by atoms with E-state index >= 15 is 0 Å². The van der Waals surface area contributed by atoms with E-state index in [0.717, 1.165) is 16.6 Å². The van der Waals surface area contributed by atoms with Gasteiger partial charge in [-0.25, -0.2) is 0 Å². The largest absolute Gasteiger partial charge is 0.383 e. The number of halogens is 2. The van der Waals surface area contributed by atoms with E-state index in [-0.39, 0.29) is 5.91 Å². The average Bonchev–Trinajstić information content (AvgIpc) is 2.79. The van der Waals surface area contributed by atoms with Crippen molar-refractivity contribution in [2.75, 3.05) is 13.7 Å². The first-order valence-corrected chi connectivity index (χ1v) is 8.19. The Kier molecular flexibility index (Phi) is 5.81. The molecule has 0 aliphatic rings. The summed E-state index contributed by atoms with van der Waals surface area (Å²) in [6, 6.07) is 3.64. The van der Waals surface area contributed by atoms with Crippen LogP contribution in [0.3, 0.4) is 0 Å². The first kappa shape index (κ1) is 16.5. The molecule has 114 valence electrons. The molecular weight excluding hydrogens is 331 g/mol. The van der Waals surface area contributed by atoms with E-state index in [0.29, 0.717) is 34.4 Å². The molecule has 0 saturated heterocycles. The quantitative estimate of drug-likeness (QED) is 0.824. The molecule has 0 spiro atoms. The lowest BCUT2D eigenvalue weighted by atomic mass is 10.3. The van der Waals surface area contributed by atoms with Crippen molar-refractivity contribution in [3.05, 3.63) is 27.0 Å². The minimum Gasteiger partial charge on any atom is -0.383 e. The fraction of sp³-hybridized carbons (Fsp3) is 0.429. The zero-order chi connectivity index (χ0) is 15.4. The van der Waals surface area contributed by atoms with Crippen molar-refractivity contribution in [3.8, 4) is 0 Å². The van der Waals surface area contributed by atoms with Gasteiger partial charge in [0.25, 0.3) is 0 Å². The van der Waals surface area contributed by atoms with Crippen molar-refractivity contribution in [1.29, 1.82) is 0 Å². The third kappa shape index (κ3) is 3.66. The number of hydrogen-bond acceptors (Lipinski definition) is 3. The number of carbonyl (C=O) groups is 1. The van der Waals surface area contributed by atoms with Gasteiger partial charge in [-0.1, -0.05) is 41.5 Å². The molecule has 1 aromatic heterocycles. The van der Waals surface area contributed by atoms with E-state index in [2.05, 4.69) is 4.99 Å². The number of carbonyl (C=O) groups excluding carboxylic acids is 1. The summed E-state index contributed by atoms with van der Waals surface area (Å²) in [4.78, 5) is 16.6. The number of amides is 1. The van der Waals surface area contributed by atoms with Crippen LogP contribution in [-0.4, -0.2) is 24.2 Å². The number of nitrogens with zero attached hydrogens (tertiary/aromatic N) is 2. The van der Waals surface area contributed by atoms with Crippen LogP contribution in [0.2, 0.25) is 10.0 Å². The van der Waals surface area contributed by atoms with Crippen molar-refractivity contribution in [3.63, 3.8) is 0 Å². The molecule has 4 nitrogen and oxygen atoms in total. The monoisotopic (exact) mass is 346 g/mol. The fourth-order valence-corrected chi connectivity index (χ4v) is 3.51. The number of fused-ring (bicyclic) bond motifs is 1. The molecule has 0 radical (unpaired) electrons. The third-order valence-electron chi connectivity index (χ3n) is 2.94. The minimum atomic E-state index is -0.127. The highest BCUT2D eigenvalue weighted by atomic mass is 35.5. The van der Waals surface area contributed by atoms with Gasteiger partial charge in [-0.15, -0.1) is 0 Å². The summed E-state index contributed by atoms with van der Waals surface area (Å²) in [6.45, 7) is 3.02. The topological polar surface area (TPSA) is 43.6 Å². The first-order chi connectivity index (χ1) is 10.1. The van der Waals surface area contributed by atoms with Gasteiger partial charge in [0.05, 0.1) is 26.9 Å². The number of rotatable bonds is 5. The molecule has 0 saturated carbocycles. The molecule has 1 amide bonds. The summed E-state index contributed by atoms with van der Waals surface area (Å²) < 4.78 is 7.96. The Balaban J connectivity index is 2.64. The molecule has 2 aromatic rings. The van der Waals surface area contributed by atoms with Crippen LogP contribution in [0.4, 0.5) is 0 Å². The molecule has 2 rings (SSSR count). The van der Waals surface area contributed by atoms with Crippen molar-refractivity contribution >= 4 is 50.7 Å². The maximum atomic E-state index is 11.8. The molecule has 0 fully saturated rings. The summed E-state index contributed by atoms with van der Waals surface area (Å²) in [6.07, 6.45) is 1.21. The third-order valence-corrected chi connectivity index (χ3v) is 4.78. The van der Waals surface area contributed by atoms with Crippen molar-refractivity contribution < 1.29 is 9.53 Å². The Labute approximate surface area is 137 Å². The number of ether oxygens (including phenoxy) is 1.